The number of para-hydroxylation sites is 1. The lowest BCUT2D eigenvalue weighted by atomic mass is 10.2. The lowest BCUT2D eigenvalue weighted by Gasteiger charge is -2.14. The number of nitrogens with one attached hydrogen (secondary N) is 2. The van der Waals surface area contributed by atoms with Gasteiger partial charge < -0.3 is 10.1 Å². The molecule has 31 heavy (non-hydrogen) atoms. The summed E-state index contributed by atoms with van der Waals surface area (Å²) in [5.74, 6) is -0.600. The van der Waals surface area contributed by atoms with Crippen LogP contribution in [0.4, 0.5) is 4.79 Å². The van der Waals surface area contributed by atoms with Gasteiger partial charge in [0.05, 0.1) is 29.8 Å². The molecule has 0 atom stereocenters. The largest absolute Gasteiger partial charge is 0.383 e. The Hall–Kier alpha value is -2.88. The minimum absolute atomic E-state index is 0.0923. The van der Waals surface area contributed by atoms with Crippen molar-refractivity contribution in [2.45, 2.75) is 11.7 Å². The first-order chi connectivity index (χ1) is 15.0. The highest BCUT2D eigenvalue weighted by Crippen LogP contribution is 2.21. The Labute approximate surface area is 187 Å². The second kappa shape index (κ2) is 10.9. The van der Waals surface area contributed by atoms with Crippen LogP contribution in [-0.2, 0) is 16.1 Å². The molecule has 2 aromatic carbocycles. The van der Waals surface area contributed by atoms with Gasteiger partial charge in [0.2, 0.25) is 5.91 Å². The standard InChI is InChI=1S/C21H21ClN4O4S/c1-30-11-10-23-20(29)25-18(27)13-31-21-24-17-9-5-3-7-15(17)19(28)26(21)12-14-6-2-4-8-16(14)22/h2-9H,10-13H2,1H3,(H2,23,25,27,29). The van der Waals surface area contributed by atoms with Crippen LogP contribution in [0.2, 0.25) is 5.02 Å². The average Bonchev–Trinajstić information content (AvgIpc) is 2.76. The minimum Gasteiger partial charge on any atom is -0.383 e. The average molecular weight is 461 g/mol. The van der Waals surface area contributed by atoms with Crippen LogP contribution in [0.15, 0.2) is 58.5 Å². The maximum atomic E-state index is 13.1. The maximum absolute atomic E-state index is 13.1. The van der Waals surface area contributed by atoms with E-state index in [9.17, 15) is 14.4 Å². The molecule has 8 nitrogen and oxygen atoms in total. The molecule has 3 aromatic rings. The summed E-state index contributed by atoms with van der Waals surface area (Å²) in [6.45, 7) is 0.829. The van der Waals surface area contributed by atoms with Crippen LogP contribution in [0.3, 0.4) is 0 Å². The highest BCUT2D eigenvalue weighted by atomic mass is 35.5. The van der Waals surface area contributed by atoms with Gasteiger partial charge in [0, 0.05) is 18.7 Å². The van der Waals surface area contributed by atoms with Gasteiger partial charge in [-0.25, -0.2) is 9.78 Å². The summed E-state index contributed by atoms with van der Waals surface area (Å²) in [4.78, 5) is 41.6. The first-order valence-electron chi connectivity index (χ1n) is 9.42. The molecular formula is C21H21ClN4O4S. The first kappa shape index (κ1) is 22.8. The van der Waals surface area contributed by atoms with E-state index in [-0.39, 0.29) is 24.4 Å². The Kier molecular flexibility index (Phi) is 8.05. The van der Waals surface area contributed by atoms with Gasteiger partial charge in [0.1, 0.15) is 0 Å². The number of thioether (sulfide) groups is 1. The van der Waals surface area contributed by atoms with E-state index in [4.69, 9.17) is 16.3 Å². The number of amides is 3. The molecule has 0 saturated carbocycles. The summed E-state index contributed by atoms with van der Waals surface area (Å²) in [5, 5.41) is 6.11. The molecule has 0 aliphatic rings. The zero-order valence-electron chi connectivity index (χ0n) is 16.8. The van der Waals surface area contributed by atoms with Crippen LogP contribution in [0.5, 0.6) is 0 Å². The molecule has 2 N–H and O–H groups in total. The smallest absolute Gasteiger partial charge is 0.321 e. The summed E-state index contributed by atoms with van der Waals surface area (Å²) in [7, 11) is 1.51. The third-order valence-electron chi connectivity index (χ3n) is 4.29. The molecular weight excluding hydrogens is 440 g/mol. The number of halogens is 1. The third kappa shape index (κ3) is 6.06. The predicted octanol–water partition coefficient (Wildman–Crippen LogP) is 2.66. The molecule has 0 radical (unpaired) electrons. The molecule has 3 rings (SSSR count). The molecule has 0 bridgehead atoms. The summed E-state index contributed by atoms with van der Waals surface area (Å²) < 4.78 is 6.32. The van der Waals surface area contributed by atoms with E-state index in [0.29, 0.717) is 27.7 Å². The summed E-state index contributed by atoms with van der Waals surface area (Å²) in [5.41, 5.74) is 1.06. The van der Waals surface area contributed by atoms with E-state index >= 15 is 0 Å². The molecule has 1 aromatic heterocycles. The van der Waals surface area contributed by atoms with Gasteiger partial charge in [0.15, 0.2) is 5.16 Å². The summed E-state index contributed by atoms with van der Waals surface area (Å²) in [6, 6.07) is 13.6. The number of benzene rings is 2. The Balaban J connectivity index is 1.82. The monoisotopic (exact) mass is 460 g/mol. The van der Waals surface area contributed by atoms with E-state index in [0.717, 1.165) is 17.3 Å². The number of fused-ring (bicyclic) bond motifs is 1. The number of nitrogens with zero attached hydrogens (tertiary/aromatic N) is 2. The van der Waals surface area contributed by atoms with Gasteiger partial charge in [-0.2, -0.15) is 0 Å². The molecule has 1 heterocycles. The van der Waals surface area contributed by atoms with Crippen molar-refractivity contribution in [1.82, 2.24) is 20.2 Å². The van der Waals surface area contributed by atoms with Crippen molar-refractivity contribution in [2.75, 3.05) is 26.0 Å². The number of methoxy groups -OCH3 is 1. The number of aromatic nitrogens is 2. The van der Waals surface area contributed by atoms with E-state index < -0.39 is 11.9 Å². The molecule has 0 unspecified atom stereocenters. The topological polar surface area (TPSA) is 102 Å². The molecule has 0 spiro atoms. The van der Waals surface area contributed by atoms with Crippen LogP contribution in [0, 0.1) is 0 Å². The summed E-state index contributed by atoms with van der Waals surface area (Å²) in [6.07, 6.45) is 0. The van der Waals surface area contributed by atoms with Crippen molar-refractivity contribution in [1.29, 1.82) is 0 Å². The maximum Gasteiger partial charge on any atom is 0.321 e. The van der Waals surface area contributed by atoms with Crippen molar-refractivity contribution in [3.63, 3.8) is 0 Å². The van der Waals surface area contributed by atoms with Crippen LogP contribution in [0.1, 0.15) is 5.56 Å². The van der Waals surface area contributed by atoms with E-state index in [1.54, 1.807) is 30.3 Å². The highest BCUT2D eigenvalue weighted by Gasteiger charge is 2.15. The molecule has 0 aliphatic heterocycles. The predicted molar refractivity (Wildman–Crippen MR) is 121 cm³/mol. The Morgan fingerprint density at radius 1 is 1.16 bits per heavy atom. The van der Waals surface area contributed by atoms with Crippen molar-refractivity contribution in [3.8, 4) is 0 Å². The van der Waals surface area contributed by atoms with Gasteiger partial charge in [-0.15, -0.1) is 0 Å². The lowest BCUT2D eigenvalue weighted by Crippen LogP contribution is -2.41. The van der Waals surface area contributed by atoms with Gasteiger partial charge in [-0.1, -0.05) is 53.7 Å². The van der Waals surface area contributed by atoms with Crippen molar-refractivity contribution in [2.24, 2.45) is 0 Å². The van der Waals surface area contributed by atoms with Crippen LogP contribution < -0.4 is 16.2 Å². The Morgan fingerprint density at radius 3 is 2.68 bits per heavy atom. The number of hydrogen-bond donors (Lipinski definition) is 2. The van der Waals surface area contributed by atoms with E-state index in [1.807, 2.05) is 18.2 Å². The molecule has 0 aliphatic carbocycles. The van der Waals surface area contributed by atoms with Gasteiger partial charge >= 0.3 is 6.03 Å². The third-order valence-corrected chi connectivity index (χ3v) is 5.64. The number of hydrogen-bond acceptors (Lipinski definition) is 6. The van der Waals surface area contributed by atoms with Gasteiger partial charge in [-0.05, 0) is 23.8 Å². The zero-order valence-corrected chi connectivity index (χ0v) is 18.3. The molecule has 0 fully saturated rings. The first-order valence-corrected chi connectivity index (χ1v) is 10.8. The van der Waals surface area contributed by atoms with Crippen molar-refractivity contribution < 1.29 is 14.3 Å². The SMILES string of the molecule is COCCNC(=O)NC(=O)CSc1nc2ccccc2c(=O)n1Cc1ccccc1Cl. The number of carbonyl (C=O) groups excluding carboxylic acids is 2. The lowest BCUT2D eigenvalue weighted by molar-refractivity contribution is -0.117. The second-order valence-corrected chi connectivity index (χ2v) is 7.83. The number of ether oxygens (including phenoxy) is 1. The molecule has 162 valence electrons. The number of urea groups is 1. The van der Waals surface area contributed by atoms with E-state index in [1.165, 1.54) is 11.7 Å². The molecule has 0 saturated heterocycles. The van der Waals surface area contributed by atoms with Crippen molar-refractivity contribution >= 4 is 46.2 Å². The van der Waals surface area contributed by atoms with Crippen LogP contribution in [-0.4, -0.2) is 47.5 Å². The zero-order chi connectivity index (χ0) is 22.2. The van der Waals surface area contributed by atoms with Gasteiger partial charge in [-0.3, -0.25) is 19.5 Å². The molecule has 10 heteroatoms. The number of carbonyl (C=O) groups is 2. The fraction of sp³-hybridized carbons (Fsp3) is 0.238. The normalized spacial score (nSPS) is 10.8. The number of rotatable bonds is 8. The quantitative estimate of drug-likeness (QED) is 0.304. The fourth-order valence-electron chi connectivity index (χ4n) is 2.80. The Morgan fingerprint density at radius 2 is 1.90 bits per heavy atom. The number of imide groups is 1. The second-order valence-electron chi connectivity index (χ2n) is 6.48. The molecule has 3 amide bonds. The fourth-order valence-corrected chi connectivity index (χ4v) is 3.79. The van der Waals surface area contributed by atoms with Crippen LogP contribution >= 0.6 is 23.4 Å². The highest BCUT2D eigenvalue weighted by molar-refractivity contribution is 7.99. The summed E-state index contributed by atoms with van der Waals surface area (Å²) >= 11 is 7.35. The van der Waals surface area contributed by atoms with Gasteiger partial charge in [0.25, 0.3) is 5.56 Å². The Bertz CT molecular complexity index is 1150. The van der Waals surface area contributed by atoms with E-state index in [2.05, 4.69) is 15.6 Å². The van der Waals surface area contributed by atoms with Crippen LogP contribution in [0.25, 0.3) is 10.9 Å². The van der Waals surface area contributed by atoms with Crippen molar-refractivity contribution in [3.05, 3.63) is 69.5 Å². The minimum atomic E-state index is -0.609.